The Balaban J connectivity index is 2.07. The van der Waals surface area contributed by atoms with E-state index in [2.05, 4.69) is 5.32 Å². The van der Waals surface area contributed by atoms with Crippen LogP contribution in [0.5, 0.6) is 0 Å². The SMILES string of the molecule is Cc1cc(C)cc(N([C@@H](C)C(=O)NCCN(C)c2ccccc2)S(C)(=O)=O)c1. The third kappa shape index (κ3) is 5.73. The van der Waals surface area contributed by atoms with Crippen LogP contribution in [-0.2, 0) is 14.8 Å². The third-order valence-electron chi connectivity index (χ3n) is 4.49. The molecular weight excluding hydrogens is 374 g/mol. The highest BCUT2D eigenvalue weighted by Crippen LogP contribution is 2.23. The van der Waals surface area contributed by atoms with E-state index in [1.807, 2.05) is 62.2 Å². The molecule has 0 fully saturated rings. The fraction of sp³-hybridized carbons (Fsp3) is 0.381. The molecule has 0 saturated carbocycles. The van der Waals surface area contributed by atoms with Gasteiger partial charge in [-0.3, -0.25) is 9.10 Å². The van der Waals surface area contributed by atoms with Crippen molar-refractivity contribution in [3.05, 3.63) is 59.7 Å². The van der Waals surface area contributed by atoms with Gasteiger partial charge in [0.1, 0.15) is 6.04 Å². The second-order valence-electron chi connectivity index (χ2n) is 7.13. The van der Waals surface area contributed by atoms with Gasteiger partial charge in [0, 0.05) is 25.8 Å². The van der Waals surface area contributed by atoms with Crippen molar-refractivity contribution in [2.75, 3.05) is 35.6 Å². The summed E-state index contributed by atoms with van der Waals surface area (Å²) in [4.78, 5) is 14.7. The van der Waals surface area contributed by atoms with Gasteiger partial charge in [-0.2, -0.15) is 0 Å². The molecule has 0 aliphatic carbocycles. The maximum Gasteiger partial charge on any atom is 0.243 e. The molecule has 0 aromatic heterocycles. The van der Waals surface area contributed by atoms with Crippen LogP contribution in [0.15, 0.2) is 48.5 Å². The van der Waals surface area contributed by atoms with Crippen molar-refractivity contribution in [2.45, 2.75) is 26.8 Å². The Morgan fingerprint density at radius 2 is 1.61 bits per heavy atom. The molecular formula is C21H29N3O3S. The molecule has 28 heavy (non-hydrogen) atoms. The molecule has 2 aromatic carbocycles. The van der Waals surface area contributed by atoms with Crippen LogP contribution in [0.4, 0.5) is 11.4 Å². The van der Waals surface area contributed by atoms with Gasteiger partial charge in [-0.15, -0.1) is 0 Å². The highest BCUT2D eigenvalue weighted by atomic mass is 32.2. The molecule has 2 aromatic rings. The Kier molecular flexibility index (Phi) is 7.07. The maximum atomic E-state index is 12.7. The molecule has 0 bridgehead atoms. The minimum absolute atomic E-state index is 0.328. The van der Waals surface area contributed by atoms with E-state index in [9.17, 15) is 13.2 Å². The Bertz CT molecular complexity index is 893. The highest BCUT2D eigenvalue weighted by molar-refractivity contribution is 7.92. The van der Waals surface area contributed by atoms with Crippen molar-refractivity contribution >= 4 is 27.3 Å². The Labute approximate surface area is 168 Å². The van der Waals surface area contributed by atoms with Crippen LogP contribution < -0.4 is 14.5 Å². The van der Waals surface area contributed by atoms with Gasteiger partial charge < -0.3 is 10.2 Å². The lowest BCUT2D eigenvalue weighted by molar-refractivity contribution is -0.121. The average Bonchev–Trinajstić information content (AvgIpc) is 2.60. The van der Waals surface area contributed by atoms with Crippen molar-refractivity contribution in [1.82, 2.24) is 5.32 Å². The van der Waals surface area contributed by atoms with Crippen LogP contribution in [0.25, 0.3) is 0 Å². The number of likely N-dealkylation sites (N-methyl/N-ethyl adjacent to an activating group) is 1. The molecule has 7 heteroatoms. The van der Waals surface area contributed by atoms with E-state index in [0.29, 0.717) is 18.8 Å². The van der Waals surface area contributed by atoms with Crippen molar-refractivity contribution in [2.24, 2.45) is 0 Å². The van der Waals surface area contributed by atoms with Crippen LogP contribution in [-0.4, -0.2) is 46.8 Å². The zero-order chi connectivity index (χ0) is 20.9. The molecule has 0 aliphatic heterocycles. The quantitative estimate of drug-likeness (QED) is 0.736. The van der Waals surface area contributed by atoms with Crippen molar-refractivity contribution in [3.8, 4) is 0 Å². The summed E-state index contributed by atoms with van der Waals surface area (Å²) in [6.45, 7) is 6.45. The smallest absolute Gasteiger partial charge is 0.243 e. The number of carbonyl (C=O) groups is 1. The normalized spacial score (nSPS) is 12.3. The molecule has 1 amide bonds. The van der Waals surface area contributed by atoms with Gasteiger partial charge in [0.25, 0.3) is 0 Å². The molecule has 152 valence electrons. The van der Waals surface area contributed by atoms with Gasteiger partial charge in [-0.05, 0) is 56.2 Å². The minimum Gasteiger partial charge on any atom is -0.373 e. The van der Waals surface area contributed by atoms with Gasteiger partial charge in [0.15, 0.2) is 0 Å². The number of nitrogens with one attached hydrogen (secondary N) is 1. The fourth-order valence-corrected chi connectivity index (χ4v) is 4.35. The van der Waals surface area contributed by atoms with Crippen LogP contribution in [0.2, 0.25) is 0 Å². The van der Waals surface area contributed by atoms with Gasteiger partial charge in [0.05, 0.1) is 11.9 Å². The van der Waals surface area contributed by atoms with E-state index >= 15 is 0 Å². The van der Waals surface area contributed by atoms with Gasteiger partial charge in [0.2, 0.25) is 15.9 Å². The second kappa shape index (κ2) is 9.10. The summed E-state index contributed by atoms with van der Waals surface area (Å²) in [5, 5.41) is 2.85. The number of hydrogen-bond donors (Lipinski definition) is 1. The van der Waals surface area contributed by atoms with E-state index in [0.717, 1.165) is 23.1 Å². The number of amides is 1. The first-order valence-electron chi connectivity index (χ1n) is 9.21. The Hall–Kier alpha value is -2.54. The summed E-state index contributed by atoms with van der Waals surface area (Å²) in [6, 6.07) is 14.5. The molecule has 1 N–H and O–H groups in total. The number of para-hydroxylation sites is 1. The zero-order valence-corrected chi connectivity index (χ0v) is 18.0. The van der Waals surface area contributed by atoms with Crippen LogP contribution in [0, 0.1) is 13.8 Å². The Morgan fingerprint density at radius 1 is 1.04 bits per heavy atom. The zero-order valence-electron chi connectivity index (χ0n) is 17.1. The average molecular weight is 404 g/mol. The van der Waals surface area contributed by atoms with Gasteiger partial charge >= 0.3 is 0 Å². The first kappa shape index (κ1) is 21.8. The summed E-state index contributed by atoms with van der Waals surface area (Å²) in [6.07, 6.45) is 1.12. The molecule has 1 atom stereocenters. The third-order valence-corrected chi connectivity index (χ3v) is 5.73. The van der Waals surface area contributed by atoms with Crippen LogP contribution in [0.1, 0.15) is 18.1 Å². The maximum absolute atomic E-state index is 12.7. The predicted molar refractivity (Wildman–Crippen MR) is 115 cm³/mol. The molecule has 2 rings (SSSR count). The van der Waals surface area contributed by atoms with Crippen molar-refractivity contribution in [3.63, 3.8) is 0 Å². The number of benzene rings is 2. The minimum atomic E-state index is -3.62. The standard InChI is InChI=1S/C21H29N3O3S/c1-16-13-17(2)15-20(14-16)24(28(5,26)27)18(3)21(25)22-11-12-23(4)19-9-7-6-8-10-19/h6-10,13-15,18H,11-12H2,1-5H3,(H,22,25)/t18-/m0/s1. The van der Waals surface area contributed by atoms with E-state index in [1.54, 1.807) is 19.1 Å². The molecule has 0 saturated heterocycles. The summed E-state index contributed by atoms with van der Waals surface area (Å²) in [5.74, 6) is -0.328. The number of nitrogens with zero attached hydrogens (tertiary/aromatic N) is 2. The first-order chi connectivity index (χ1) is 13.1. The van der Waals surface area contributed by atoms with E-state index in [1.165, 1.54) is 4.31 Å². The van der Waals surface area contributed by atoms with Crippen LogP contribution in [0.3, 0.4) is 0 Å². The topological polar surface area (TPSA) is 69.7 Å². The first-order valence-corrected chi connectivity index (χ1v) is 11.1. The molecule has 6 nitrogen and oxygen atoms in total. The lowest BCUT2D eigenvalue weighted by atomic mass is 10.1. The second-order valence-corrected chi connectivity index (χ2v) is 8.99. The molecule has 0 aliphatic rings. The van der Waals surface area contributed by atoms with E-state index < -0.39 is 16.1 Å². The fourth-order valence-electron chi connectivity index (χ4n) is 3.19. The van der Waals surface area contributed by atoms with Gasteiger partial charge in [-0.1, -0.05) is 24.3 Å². The van der Waals surface area contributed by atoms with E-state index in [4.69, 9.17) is 0 Å². The van der Waals surface area contributed by atoms with Gasteiger partial charge in [-0.25, -0.2) is 8.42 Å². The number of anilines is 2. The molecule has 0 spiro atoms. The van der Waals surface area contributed by atoms with Crippen molar-refractivity contribution < 1.29 is 13.2 Å². The number of carbonyl (C=O) groups excluding carboxylic acids is 1. The highest BCUT2D eigenvalue weighted by Gasteiger charge is 2.29. The molecule has 0 unspecified atom stereocenters. The summed E-state index contributed by atoms with van der Waals surface area (Å²) >= 11 is 0. The summed E-state index contributed by atoms with van der Waals surface area (Å²) in [5.41, 5.74) is 3.45. The monoisotopic (exact) mass is 403 g/mol. The largest absolute Gasteiger partial charge is 0.373 e. The van der Waals surface area contributed by atoms with E-state index in [-0.39, 0.29) is 5.91 Å². The molecule has 0 heterocycles. The number of aryl methyl sites for hydroxylation is 2. The predicted octanol–water partition coefficient (Wildman–Crippen LogP) is 2.71. The lowest BCUT2D eigenvalue weighted by Crippen LogP contribution is -2.49. The number of hydrogen-bond acceptors (Lipinski definition) is 4. The number of rotatable bonds is 8. The Morgan fingerprint density at radius 3 is 2.14 bits per heavy atom. The number of sulfonamides is 1. The van der Waals surface area contributed by atoms with Crippen LogP contribution >= 0.6 is 0 Å². The summed E-state index contributed by atoms with van der Waals surface area (Å²) < 4.78 is 26.0. The van der Waals surface area contributed by atoms with Crippen molar-refractivity contribution in [1.29, 1.82) is 0 Å². The summed E-state index contributed by atoms with van der Waals surface area (Å²) in [7, 11) is -1.67. The lowest BCUT2D eigenvalue weighted by Gasteiger charge is -2.29. The molecule has 0 radical (unpaired) electrons.